The minimum absolute atomic E-state index is 0.214. The standard InChI is InChI=1S/C21H27N3OS.C2H2O4/c25-21(20-7-4-16-26-20)24-10-8-19(9-11-24)23-14-12-22(13-15-23)17-18-5-2-1-3-6-18;3-1(4)2(5)6/h1-7,16,19H,8-15,17H2;(H,3,4)(H,5,6). The number of nitrogens with zero attached hydrogens (tertiary/aromatic N) is 3. The second-order valence-electron chi connectivity index (χ2n) is 7.91. The average Bonchev–Trinajstić information content (AvgIpc) is 3.35. The van der Waals surface area contributed by atoms with E-state index < -0.39 is 11.9 Å². The highest BCUT2D eigenvalue weighted by atomic mass is 32.1. The molecule has 0 atom stereocenters. The number of hydrogen-bond donors (Lipinski definition) is 2. The van der Waals surface area contributed by atoms with Crippen LogP contribution in [-0.4, -0.2) is 88.1 Å². The van der Waals surface area contributed by atoms with Crippen LogP contribution in [0.25, 0.3) is 0 Å². The zero-order valence-electron chi connectivity index (χ0n) is 17.9. The van der Waals surface area contributed by atoms with Crippen LogP contribution in [0, 0.1) is 0 Å². The molecule has 4 rings (SSSR count). The molecular weight excluding hydrogens is 430 g/mol. The van der Waals surface area contributed by atoms with E-state index in [1.807, 2.05) is 22.4 Å². The van der Waals surface area contributed by atoms with Gasteiger partial charge in [-0.3, -0.25) is 14.6 Å². The van der Waals surface area contributed by atoms with Gasteiger partial charge in [0.2, 0.25) is 0 Å². The maximum Gasteiger partial charge on any atom is 0.414 e. The predicted octanol–water partition coefficient (Wildman–Crippen LogP) is 2.33. The van der Waals surface area contributed by atoms with E-state index in [9.17, 15) is 4.79 Å². The van der Waals surface area contributed by atoms with E-state index in [2.05, 4.69) is 40.1 Å². The van der Waals surface area contributed by atoms with Gasteiger partial charge >= 0.3 is 11.9 Å². The summed E-state index contributed by atoms with van der Waals surface area (Å²) >= 11 is 1.55. The zero-order chi connectivity index (χ0) is 22.9. The van der Waals surface area contributed by atoms with Gasteiger partial charge in [-0.1, -0.05) is 36.4 Å². The number of carbonyl (C=O) groups excluding carboxylic acids is 1. The molecular formula is C23H29N3O5S. The quantitative estimate of drug-likeness (QED) is 0.677. The third-order valence-corrected chi connectivity index (χ3v) is 6.70. The molecule has 1 aromatic heterocycles. The molecule has 0 bridgehead atoms. The lowest BCUT2D eigenvalue weighted by atomic mass is 10.0. The first kappa shape index (κ1) is 23.9. The van der Waals surface area contributed by atoms with Crippen molar-refractivity contribution in [2.75, 3.05) is 39.3 Å². The number of carboxylic acid groups (broad SMARTS) is 2. The fourth-order valence-corrected chi connectivity index (χ4v) is 4.81. The van der Waals surface area contributed by atoms with Gasteiger partial charge in [0.15, 0.2) is 0 Å². The van der Waals surface area contributed by atoms with Gasteiger partial charge in [-0.05, 0) is 29.9 Å². The summed E-state index contributed by atoms with van der Waals surface area (Å²) in [5.74, 6) is -3.43. The Hall–Kier alpha value is -2.75. The predicted molar refractivity (Wildman–Crippen MR) is 122 cm³/mol. The average molecular weight is 460 g/mol. The highest BCUT2D eigenvalue weighted by Crippen LogP contribution is 2.21. The first-order valence-electron chi connectivity index (χ1n) is 10.7. The Kier molecular flexibility index (Phi) is 8.78. The Morgan fingerprint density at radius 1 is 0.844 bits per heavy atom. The van der Waals surface area contributed by atoms with Crippen LogP contribution in [0.1, 0.15) is 28.1 Å². The molecule has 0 spiro atoms. The summed E-state index contributed by atoms with van der Waals surface area (Å²) in [6.07, 6.45) is 2.21. The molecule has 3 heterocycles. The summed E-state index contributed by atoms with van der Waals surface area (Å²) in [6, 6.07) is 15.3. The SMILES string of the molecule is O=C(O)C(=O)O.O=C(c1cccs1)N1CCC(N2CCN(Cc3ccccc3)CC2)CC1. The van der Waals surface area contributed by atoms with Crippen molar-refractivity contribution in [2.24, 2.45) is 0 Å². The summed E-state index contributed by atoms with van der Waals surface area (Å²) in [4.78, 5) is 38.8. The van der Waals surface area contributed by atoms with E-state index in [-0.39, 0.29) is 5.91 Å². The first-order chi connectivity index (χ1) is 15.4. The number of carbonyl (C=O) groups is 3. The van der Waals surface area contributed by atoms with Crippen LogP contribution in [0.4, 0.5) is 0 Å². The monoisotopic (exact) mass is 459 g/mol. The van der Waals surface area contributed by atoms with Crippen molar-refractivity contribution in [3.05, 3.63) is 58.3 Å². The van der Waals surface area contributed by atoms with Gasteiger partial charge in [0.25, 0.3) is 5.91 Å². The number of hydrogen-bond acceptors (Lipinski definition) is 6. The fraction of sp³-hybridized carbons (Fsp3) is 0.435. The van der Waals surface area contributed by atoms with E-state index in [1.54, 1.807) is 11.3 Å². The molecule has 2 N–H and O–H groups in total. The summed E-state index contributed by atoms with van der Waals surface area (Å²) in [7, 11) is 0. The molecule has 2 aliphatic heterocycles. The van der Waals surface area contributed by atoms with Crippen LogP contribution in [0.3, 0.4) is 0 Å². The summed E-state index contributed by atoms with van der Waals surface area (Å²) < 4.78 is 0. The highest BCUT2D eigenvalue weighted by molar-refractivity contribution is 7.12. The fourth-order valence-electron chi connectivity index (χ4n) is 4.12. The Labute approximate surface area is 191 Å². The van der Waals surface area contributed by atoms with Gasteiger partial charge in [0.05, 0.1) is 4.88 Å². The molecule has 2 fully saturated rings. The van der Waals surface area contributed by atoms with Gasteiger partial charge in [-0.25, -0.2) is 9.59 Å². The lowest BCUT2D eigenvalue weighted by molar-refractivity contribution is -0.159. The zero-order valence-corrected chi connectivity index (χ0v) is 18.7. The van der Waals surface area contributed by atoms with Crippen molar-refractivity contribution in [2.45, 2.75) is 25.4 Å². The van der Waals surface area contributed by atoms with Crippen molar-refractivity contribution in [3.8, 4) is 0 Å². The minimum Gasteiger partial charge on any atom is -0.473 e. The maximum absolute atomic E-state index is 12.5. The van der Waals surface area contributed by atoms with E-state index in [0.29, 0.717) is 6.04 Å². The smallest absolute Gasteiger partial charge is 0.414 e. The molecule has 32 heavy (non-hydrogen) atoms. The van der Waals surface area contributed by atoms with E-state index in [0.717, 1.165) is 63.5 Å². The molecule has 9 heteroatoms. The maximum atomic E-state index is 12.5. The number of carboxylic acids is 2. The Morgan fingerprint density at radius 3 is 2.00 bits per heavy atom. The molecule has 2 aliphatic rings. The number of benzene rings is 1. The molecule has 2 saturated heterocycles. The largest absolute Gasteiger partial charge is 0.473 e. The summed E-state index contributed by atoms with van der Waals surface area (Å²) in [5.41, 5.74) is 1.40. The third-order valence-electron chi connectivity index (χ3n) is 5.84. The number of likely N-dealkylation sites (tertiary alicyclic amines) is 1. The molecule has 1 aromatic carbocycles. The topological polar surface area (TPSA) is 101 Å². The van der Waals surface area contributed by atoms with E-state index in [1.165, 1.54) is 5.56 Å². The lowest BCUT2D eigenvalue weighted by Gasteiger charge is -2.42. The van der Waals surface area contributed by atoms with Crippen molar-refractivity contribution in [1.82, 2.24) is 14.7 Å². The van der Waals surface area contributed by atoms with Crippen molar-refractivity contribution >= 4 is 29.2 Å². The number of amides is 1. The Bertz CT molecular complexity index is 862. The third kappa shape index (κ3) is 6.88. The molecule has 0 aliphatic carbocycles. The number of rotatable bonds is 4. The molecule has 0 unspecified atom stereocenters. The van der Waals surface area contributed by atoms with Crippen LogP contribution in [0.15, 0.2) is 47.8 Å². The molecule has 8 nitrogen and oxygen atoms in total. The van der Waals surface area contributed by atoms with Crippen LogP contribution < -0.4 is 0 Å². The van der Waals surface area contributed by atoms with Gasteiger partial charge in [0, 0.05) is 51.9 Å². The van der Waals surface area contributed by atoms with Crippen LogP contribution >= 0.6 is 11.3 Å². The molecule has 2 aromatic rings. The second-order valence-corrected chi connectivity index (χ2v) is 8.86. The Balaban J connectivity index is 0.000000427. The Morgan fingerprint density at radius 2 is 1.47 bits per heavy atom. The summed E-state index contributed by atoms with van der Waals surface area (Å²) in [5, 5.41) is 16.8. The second kappa shape index (κ2) is 11.8. The number of aliphatic carboxylic acids is 2. The molecule has 0 saturated carbocycles. The van der Waals surface area contributed by atoms with Crippen molar-refractivity contribution < 1.29 is 24.6 Å². The van der Waals surface area contributed by atoms with Gasteiger partial charge < -0.3 is 15.1 Å². The lowest BCUT2D eigenvalue weighted by Crippen LogP contribution is -2.53. The number of thiophene rings is 1. The number of piperazine rings is 1. The molecule has 1 amide bonds. The van der Waals surface area contributed by atoms with Crippen LogP contribution in [-0.2, 0) is 16.1 Å². The van der Waals surface area contributed by atoms with Gasteiger partial charge in [-0.2, -0.15) is 0 Å². The van der Waals surface area contributed by atoms with Crippen LogP contribution in [0.2, 0.25) is 0 Å². The minimum atomic E-state index is -1.82. The van der Waals surface area contributed by atoms with Crippen LogP contribution in [0.5, 0.6) is 0 Å². The van der Waals surface area contributed by atoms with Crippen molar-refractivity contribution in [1.29, 1.82) is 0 Å². The van der Waals surface area contributed by atoms with E-state index >= 15 is 0 Å². The van der Waals surface area contributed by atoms with Gasteiger partial charge in [0.1, 0.15) is 0 Å². The van der Waals surface area contributed by atoms with Crippen molar-refractivity contribution in [3.63, 3.8) is 0 Å². The van der Waals surface area contributed by atoms with Gasteiger partial charge in [-0.15, -0.1) is 11.3 Å². The highest BCUT2D eigenvalue weighted by Gasteiger charge is 2.29. The summed E-state index contributed by atoms with van der Waals surface area (Å²) in [6.45, 7) is 7.43. The molecule has 0 radical (unpaired) electrons. The first-order valence-corrected chi connectivity index (χ1v) is 11.6. The van der Waals surface area contributed by atoms with E-state index in [4.69, 9.17) is 19.8 Å². The number of piperidine rings is 1. The molecule has 172 valence electrons. The normalized spacial score (nSPS) is 17.9.